The molecule has 0 atom stereocenters. The van der Waals surface area contributed by atoms with Crippen molar-refractivity contribution in [3.8, 4) is 16.9 Å². The second kappa shape index (κ2) is 12.6. The summed E-state index contributed by atoms with van der Waals surface area (Å²) >= 11 is 0. The van der Waals surface area contributed by atoms with Gasteiger partial charge in [-0.05, 0) is 68.1 Å². The highest BCUT2D eigenvalue weighted by molar-refractivity contribution is 5.96. The number of aromatic nitrogens is 1. The maximum Gasteiger partial charge on any atom is 0.228 e. The summed E-state index contributed by atoms with van der Waals surface area (Å²) < 4.78 is 20.0. The number of hydrogen-bond donors (Lipinski definition) is 1. The lowest BCUT2D eigenvalue weighted by Crippen LogP contribution is -2.49. The molecule has 2 N–H and O–H groups in total. The molecule has 1 aliphatic heterocycles. The predicted octanol–water partition coefficient (Wildman–Crippen LogP) is 5.76. The van der Waals surface area contributed by atoms with Crippen LogP contribution in [0, 0.1) is 0 Å². The molecule has 210 valence electrons. The molecular weight excluding hydrogens is 491 g/mol. The van der Waals surface area contributed by atoms with Gasteiger partial charge in [0.2, 0.25) is 6.86 Å². The van der Waals surface area contributed by atoms with E-state index >= 15 is 0 Å². The number of aryl methyl sites for hydroxylation is 1. The van der Waals surface area contributed by atoms with E-state index in [1.54, 1.807) is 0 Å². The summed E-state index contributed by atoms with van der Waals surface area (Å²) in [5.41, 5.74) is 10.6. The van der Waals surface area contributed by atoms with Crippen LogP contribution in [-0.2, 0) is 17.9 Å². The minimum atomic E-state index is -0.831. The van der Waals surface area contributed by atoms with Gasteiger partial charge in [0.05, 0.1) is 5.54 Å². The van der Waals surface area contributed by atoms with Crippen molar-refractivity contribution < 1.29 is 13.9 Å². The minimum absolute atomic E-state index is 0.240. The normalized spacial score (nSPS) is 18.4. The number of benzene rings is 2. The van der Waals surface area contributed by atoms with Gasteiger partial charge in [0.25, 0.3) is 0 Å². The van der Waals surface area contributed by atoms with Crippen molar-refractivity contribution in [1.82, 2.24) is 14.4 Å². The Bertz CT molecular complexity index is 1240. The van der Waals surface area contributed by atoms with Crippen LogP contribution in [0.1, 0.15) is 56.9 Å². The van der Waals surface area contributed by atoms with Crippen LogP contribution in [0.25, 0.3) is 22.0 Å². The quantitative estimate of drug-likeness (QED) is 0.317. The number of piperazine rings is 1. The number of nitrogens with zero attached hydrogens (tertiary/aromatic N) is 3. The fraction of sp³-hybridized carbons (Fsp3) is 0.531. The SMILES string of the molecule is CN1CCN(Cc2ccc3c(c2)c(-c2ccc(OCF)cc2)cn3CCCCC(=O)C2(N)CCCCC2)CC1. The van der Waals surface area contributed by atoms with Gasteiger partial charge >= 0.3 is 0 Å². The zero-order valence-electron chi connectivity index (χ0n) is 23.3. The van der Waals surface area contributed by atoms with Gasteiger partial charge in [-0.3, -0.25) is 9.69 Å². The fourth-order valence-electron chi connectivity index (χ4n) is 6.19. The number of carbonyl (C=O) groups is 1. The molecule has 1 saturated heterocycles. The zero-order valence-corrected chi connectivity index (χ0v) is 23.3. The second-order valence-corrected chi connectivity index (χ2v) is 11.5. The summed E-state index contributed by atoms with van der Waals surface area (Å²) in [5.74, 6) is 0.769. The molecule has 2 aliphatic rings. The van der Waals surface area contributed by atoms with Crippen molar-refractivity contribution in [2.45, 2.75) is 70.0 Å². The van der Waals surface area contributed by atoms with Crippen LogP contribution in [-0.4, -0.2) is 65.8 Å². The molecule has 1 saturated carbocycles. The lowest BCUT2D eigenvalue weighted by atomic mass is 9.78. The van der Waals surface area contributed by atoms with Gasteiger partial charge in [-0.1, -0.05) is 37.5 Å². The van der Waals surface area contributed by atoms with Crippen LogP contribution in [0.2, 0.25) is 0 Å². The van der Waals surface area contributed by atoms with E-state index in [2.05, 4.69) is 45.8 Å². The highest BCUT2D eigenvalue weighted by Crippen LogP contribution is 2.34. The first-order valence-electron chi connectivity index (χ1n) is 14.6. The fourth-order valence-corrected chi connectivity index (χ4v) is 6.19. The van der Waals surface area contributed by atoms with Crippen molar-refractivity contribution >= 4 is 16.7 Å². The van der Waals surface area contributed by atoms with Crippen LogP contribution in [0.3, 0.4) is 0 Å². The van der Waals surface area contributed by atoms with Gasteiger partial charge in [-0.2, -0.15) is 0 Å². The van der Waals surface area contributed by atoms with E-state index in [1.165, 1.54) is 22.9 Å². The van der Waals surface area contributed by atoms with Crippen LogP contribution < -0.4 is 10.5 Å². The number of nitrogens with two attached hydrogens (primary N) is 1. The van der Waals surface area contributed by atoms with E-state index in [4.69, 9.17) is 10.5 Å². The molecule has 2 fully saturated rings. The second-order valence-electron chi connectivity index (χ2n) is 11.5. The van der Waals surface area contributed by atoms with Gasteiger partial charge in [0.1, 0.15) is 5.75 Å². The third-order valence-corrected chi connectivity index (χ3v) is 8.69. The van der Waals surface area contributed by atoms with Crippen molar-refractivity contribution in [3.05, 3.63) is 54.2 Å². The first-order valence-corrected chi connectivity index (χ1v) is 14.6. The average Bonchev–Trinajstić information content (AvgIpc) is 3.31. The van der Waals surface area contributed by atoms with E-state index in [9.17, 15) is 9.18 Å². The molecule has 0 bridgehead atoms. The van der Waals surface area contributed by atoms with Gasteiger partial charge in [-0.25, -0.2) is 4.39 Å². The largest absolute Gasteiger partial charge is 0.463 e. The number of halogens is 1. The van der Waals surface area contributed by atoms with E-state index in [1.807, 2.05) is 24.3 Å². The van der Waals surface area contributed by atoms with E-state index in [-0.39, 0.29) is 5.78 Å². The summed E-state index contributed by atoms with van der Waals surface area (Å²) in [7, 11) is 2.18. The summed E-state index contributed by atoms with van der Waals surface area (Å²) in [6, 6.07) is 14.5. The Morgan fingerprint density at radius 2 is 1.74 bits per heavy atom. The van der Waals surface area contributed by atoms with Crippen molar-refractivity contribution in [2.24, 2.45) is 5.73 Å². The molecule has 3 aromatic rings. The van der Waals surface area contributed by atoms with E-state index in [0.717, 1.165) is 88.9 Å². The first kappa shape index (κ1) is 27.8. The van der Waals surface area contributed by atoms with Crippen molar-refractivity contribution in [3.63, 3.8) is 0 Å². The van der Waals surface area contributed by atoms with Crippen LogP contribution in [0.15, 0.2) is 48.7 Å². The van der Waals surface area contributed by atoms with Gasteiger partial charge in [0, 0.05) is 68.4 Å². The molecule has 2 aromatic carbocycles. The lowest BCUT2D eigenvalue weighted by Gasteiger charge is -2.32. The molecule has 0 radical (unpaired) electrons. The number of hydrogen-bond acceptors (Lipinski definition) is 5. The number of fused-ring (bicyclic) bond motifs is 1. The Labute approximate surface area is 231 Å². The average molecular weight is 535 g/mol. The van der Waals surface area contributed by atoms with Crippen LogP contribution >= 0.6 is 0 Å². The first-order chi connectivity index (χ1) is 18.9. The Morgan fingerprint density at radius 3 is 2.46 bits per heavy atom. The molecule has 2 heterocycles. The molecule has 7 heteroatoms. The number of ketones is 1. The summed E-state index contributed by atoms with van der Waals surface area (Å²) in [4.78, 5) is 17.8. The number of unbranched alkanes of at least 4 members (excludes halogenated alkanes) is 1. The summed E-state index contributed by atoms with van der Waals surface area (Å²) in [6.07, 6.45) is 9.57. The number of Topliss-reactive ketones (excluding diaryl/α,β-unsaturated/α-hetero) is 1. The van der Waals surface area contributed by atoms with Crippen LogP contribution in [0.4, 0.5) is 4.39 Å². The maximum atomic E-state index is 12.9. The summed E-state index contributed by atoms with van der Waals surface area (Å²) in [6.45, 7) is 5.34. The molecule has 0 unspecified atom stereocenters. The monoisotopic (exact) mass is 534 g/mol. The minimum Gasteiger partial charge on any atom is -0.463 e. The Morgan fingerprint density at radius 1 is 1.00 bits per heavy atom. The summed E-state index contributed by atoms with van der Waals surface area (Å²) in [5, 5.41) is 1.22. The number of carbonyl (C=O) groups excluding carboxylic acids is 1. The molecule has 6 nitrogen and oxygen atoms in total. The zero-order chi connectivity index (χ0) is 27.2. The molecule has 39 heavy (non-hydrogen) atoms. The van der Waals surface area contributed by atoms with Crippen molar-refractivity contribution in [2.75, 3.05) is 40.1 Å². The smallest absolute Gasteiger partial charge is 0.228 e. The molecular formula is C32H43FN4O2. The maximum absolute atomic E-state index is 12.9. The highest BCUT2D eigenvalue weighted by atomic mass is 19.1. The number of rotatable bonds is 11. The number of ether oxygens (including phenoxy) is 1. The number of alkyl halides is 1. The third kappa shape index (κ3) is 6.71. The third-order valence-electron chi connectivity index (χ3n) is 8.69. The molecule has 5 rings (SSSR count). The Balaban J connectivity index is 1.32. The topological polar surface area (TPSA) is 63.7 Å². The predicted molar refractivity (Wildman–Crippen MR) is 156 cm³/mol. The van der Waals surface area contributed by atoms with Crippen molar-refractivity contribution in [1.29, 1.82) is 0 Å². The molecule has 0 spiro atoms. The molecule has 1 aliphatic carbocycles. The van der Waals surface area contributed by atoms with Gasteiger partial charge < -0.3 is 19.9 Å². The highest BCUT2D eigenvalue weighted by Gasteiger charge is 2.34. The standard InChI is InChI=1S/C32H43FN4O2/c1-35-17-19-36(20-18-35)22-25-8-13-30-28(21-25)29(26-9-11-27(12-10-26)39-24-33)23-37(30)16-6-3-7-31(38)32(34)14-4-2-5-15-32/h8-13,21,23H,2-7,14-20,22,24,34H2,1H3. The van der Waals surface area contributed by atoms with Gasteiger partial charge in [-0.15, -0.1) is 0 Å². The molecule has 1 aromatic heterocycles. The van der Waals surface area contributed by atoms with E-state index < -0.39 is 12.4 Å². The molecule has 0 amide bonds. The Hall–Kier alpha value is -2.74. The Kier molecular flexibility index (Phi) is 9.00. The number of likely N-dealkylation sites (N-methyl/N-ethyl adjacent to an activating group) is 1. The van der Waals surface area contributed by atoms with Crippen LogP contribution in [0.5, 0.6) is 5.75 Å². The van der Waals surface area contributed by atoms with E-state index in [0.29, 0.717) is 12.2 Å². The van der Waals surface area contributed by atoms with Gasteiger partial charge in [0.15, 0.2) is 5.78 Å². The lowest BCUT2D eigenvalue weighted by molar-refractivity contribution is -0.125.